The minimum absolute atomic E-state index is 0.00763. The average Bonchev–Trinajstić information content (AvgIpc) is 3.32. The molecule has 5 rings (SSSR count). The predicted molar refractivity (Wildman–Crippen MR) is 90.1 cm³/mol. The Morgan fingerprint density at radius 2 is 1.83 bits per heavy atom. The Bertz CT molecular complexity index is 735. The van der Waals surface area contributed by atoms with Gasteiger partial charge in [0.15, 0.2) is 0 Å². The number of rotatable bonds is 3. The van der Waals surface area contributed by atoms with Gasteiger partial charge in [-0.3, -0.25) is 9.59 Å². The van der Waals surface area contributed by atoms with Crippen molar-refractivity contribution in [3.05, 3.63) is 39.8 Å². The molecule has 2 saturated carbocycles. The number of halogens is 2. The second-order valence-corrected chi connectivity index (χ2v) is 7.87. The van der Waals surface area contributed by atoms with E-state index in [1.54, 1.807) is 18.2 Å². The largest absolute Gasteiger partial charge is 0.481 e. The van der Waals surface area contributed by atoms with E-state index in [9.17, 15) is 14.7 Å². The zero-order valence-electron chi connectivity index (χ0n) is 12.1. The summed E-state index contributed by atoms with van der Waals surface area (Å²) in [6, 6.07) is 5.17. The molecule has 2 N–H and O–H groups in total. The maximum Gasteiger partial charge on any atom is 0.307 e. The lowest BCUT2D eigenvalue weighted by molar-refractivity contribution is -0.152. The van der Waals surface area contributed by atoms with Gasteiger partial charge in [0.2, 0.25) is 5.91 Å². The first-order chi connectivity index (χ1) is 11.0. The molecule has 4 aliphatic rings. The number of carbonyl (C=O) groups excluding carboxylic acids is 1. The normalized spacial score (nSPS) is 36.4. The molecule has 0 spiro atoms. The second-order valence-electron chi connectivity index (χ2n) is 6.61. The van der Waals surface area contributed by atoms with Crippen molar-refractivity contribution in [2.24, 2.45) is 35.5 Å². The molecule has 1 amide bonds. The molecule has 4 nitrogen and oxygen atoms in total. The first kappa shape index (κ1) is 15.2. The Balaban J connectivity index is 1.60. The molecule has 2 fully saturated rings. The van der Waals surface area contributed by atoms with Crippen LogP contribution in [0.1, 0.15) is 6.42 Å². The zero-order chi connectivity index (χ0) is 16.3. The number of fused-ring (bicyclic) bond motifs is 1. The van der Waals surface area contributed by atoms with E-state index in [1.165, 1.54) is 0 Å². The molecule has 2 bridgehead atoms. The summed E-state index contributed by atoms with van der Waals surface area (Å²) in [6.07, 6.45) is 5.11. The van der Waals surface area contributed by atoms with E-state index in [2.05, 4.69) is 27.3 Å². The molecule has 1 aromatic carbocycles. The standard InChI is InChI=1S/C17H15BrClNO3/c18-12-4-1-7(5-13(12)19)20-16(21)14-8-2-3-9(11-6-10(8)11)15(14)17(22)23/h1-5,8-11,14-15H,6H2,(H,20,21)(H,22,23)/t8-,9+,10+,11+,14+,15-/m0/s1. The van der Waals surface area contributed by atoms with Crippen LogP contribution in [0.5, 0.6) is 0 Å². The highest BCUT2D eigenvalue weighted by Crippen LogP contribution is 2.63. The van der Waals surface area contributed by atoms with Crippen molar-refractivity contribution in [3.8, 4) is 0 Å². The first-order valence-corrected chi connectivity index (χ1v) is 8.81. The lowest BCUT2D eigenvalue weighted by Crippen LogP contribution is -2.48. The highest BCUT2D eigenvalue weighted by atomic mass is 79.9. The molecule has 120 valence electrons. The van der Waals surface area contributed by atoms with Crippen LogP contribution in [0.2, 0.25) is 5.02 Å². The van der Waals surface area contributed by atoms with Gasteiger partial charge >= 0.3 is 5.97 Å². The monoisotopic (exact) mass is 395 g/mol. The fourth-order valence-electron chi connectivity index (χ4n) is 4.37. The topological polar surface area (TPSA) is 66.4 Å². The molecule has 0 unspecified atom stereocenters. The van der Waals surface area contributed by atoms with Gasteiger partial charge < -0.3 is 10.4 Å². The van der Waals surface area contributed by atoms with Crippen LogP contribution in [-0.4, -0.2) is 17.0 Å². The van der Waals surface area contributed by atoms with Gasteiger partial charge in [-0.1, -0.05) is 23.8 Å². The van der Waals surface area contributed by atoms with Gasteiger partial charge in [-0.05, 0) is 64.2 Å². The summed E-state index contributed by atoms with van der Waals surface area (Å²) in [5, 5.41) is 13.0. The number of hydrogen-bond acceptors (Lipinski definition) is 2. The lowest BCUT2D eigenvalue weighted by Gasteiger charge is -2.41. The van der Waals surface area contributed by atoms with Crippen LogP contribution in [0.3, 0.4) is 0 Å². The van der Waals surface area contributed by atoms with Gasteiger partial charge in [0.25, 0.3) is 0 Å². The highest BCUT2D eigenvalue weighted by Gasteiger charge is 2.62. The molecule has 0 aromatic heterocycles. The Labute approximate surface area is 147 Å². The molecule has 23 heavy (non-hydrogen) atoms. The quantitative estimate of drug-likeness (QED) is 0.764. The Kier molecular flexibility index (Phi) is 3.54. The Morgan fingerprint density at radius 3 is 2.43 bits per heavy atom. The van der Waals surface area contributed by atoms with Crippen LogP contribution < -0.4 is 5.32 Å². The number of allylic oxidation sites excluding steroid dienone is 2. The lowest BCUT2D eigenvalue weighted by atomic mass is 9.62. The Hall–Kier alpha value is -1.33. The number of hydrogen-bond donors (Lipinski definition) is 2. The smallest absolute Gasteiger partial charge is 0.307 e. The summed E-state index contributed by atoms with van der Waals surface area (Å²) in [7, 11) is 0. The summed E-state index contributed by atoms with van der Waals surface area (Å²) in [5.41, 5.74) is 0.588. The molecule has 0 heterocycles. The summed E-state index contributed by atoms with van der Waals surface area (Å²) < 4.78 is 0.751. The average molecular weight is 397 g/mol. The predicted octanol–water partition coefficient (Wildman–Crippen LogP) is 3.81. The number of amides is 1. The molecule has 4 aliphatic carbocycles. The maximum absolute atomic E-state index is 12.8. The van der Waals surface area contributed by atoms with E-state index >= 15 is 0 Å². The molecular formula is C17H15BrClNO3. The summed E-state index contributed by atoms with van der Waals surface area (Å²) in [6.45, 7) is 0. The van der Waals surface area contributed by atoms with E-state index < -0.39 is 17.8 Å². The van der Waals surface area contributed by atoms with Gasteiger partial charge in [0.1, 0.15) is 0 Å². The third-order valence-corrected chi connectivity index (χ3v) is 6.66. The third kappa shape index (κ3) is 2.41. The third-order valence-electron chi connectivity index (χ3n) is 5.43. The van der Waals surface area contributed by atoms with E-state index in [1.807, 2.05) is 6.08 Å². The maximum atomic E-state index is 12.8. The van der Waals surface area contributed by atoms with Crippen molar-refractivity contribution in [1.82, 2.24) is 0 Å². The van der Waals surface area contributed by atoms with Crippen LogP contribution >= 0.6 is 27.5 Å². The summed E-state index contributed by atoms with van der Waals surface area (Å²) in [5.74, 6) is -1.26. The number of carboxylic acids is 1. The van der Waals surface area contributed by atoms with E-state index in [-0.39, 0.29) is 17.7 Å². The number of carboxylic acid groups (broad SMARTS) is 1. The van der Waals surface area contributed by atoms with E-state index in [4.69, 9.17) is 11.6 Å². The number of benzene rings is 1. The van der Waals surface area contributed by atoms with Gasteiger partial charge in [0, 0.05) is 10.2 Å². The zero-order valence-corrected chi connectivity index (χ0v) is 14.4. The van der Waals surface area contributed by atoms with Crippen LogP contribution in [0.25, 0.3) is 0 Å². The van der Waals surface area contributed by atoms with Crippen molar-refractivity contribution in [2.45, 2.75) is 6.42 Å². The van der Waals surface area contributed by atoms with Crippen LogP contribution in [0, 0.1) is 35.5 Å². The van der Waals surface area contributed by atoms with Gasteiger partial charge in [0.05, 0.1) is 16.9 Å². The summed E-state index contributed by atoms with van der Waals surface area (Å²) in [4.78, 5) is 24.5. The van der Waals surface area contributed by atoms with Crippen LogP contribution in [0.4, 0.5) is 5.69 Å². The number of nitrogens with one attached hydrogen (secondary N) is 1. The highest BCUT2D eigenvalue weighted by molar-refractivity contribution is 9.10. The molecule has 6 atom stereocenters. The molecule has 0 aliphatic heterocycles. The van der Waals surface area contributed by atoms with Gasteiger partial charge in [-0.25, -0.2) is 0 Å². The van der Waals surface area contributed by atoms with Crippen LogP contribution in [-0.2, 0) is 9.59 Å². The van der Waals surface area contributed by atoms with Crippen molar-refractivity contribution in [3.63, 3.8) is 0 Å². The van der Waals surface area contributed by atoms with Gasteiger partial charge in [-0.2, -0.15) is 0 Å². The molecule has 0 saturated heterocycles. The Morgan fingerprint density at radius 1 is 1.17 bits per heavy atom. The fourth-order valence-corrected chi connectivity index (χ4v) is 4.80. The van der Waals surface area contributed by atoms with Crippen molar-refractivity contribution in [2.75, 3.05) is 5.32 Å². The molecule has 6 heteroatoms. The SMILES string of the molecule is O=C(Nc1ccc(Br)c(Cl)c1)[C@@H]1[C@H]2C=C[C@H]([C@H]3C[C@H]23)[C@@H]1C(=O)O. The molecule has 0 radical (unpaired) electrons. The van der Waals surface area contributed by atoms with E-state index in [0.717, 1.165) is 10.9 Å². The van der Waals surface area contributed by atoms with Crippen molar-refractivity contribution >= 4 is 45.1 Å². The number of aliphatic carboxylic acids is 1. The minimum atomic E-state index is -0.872. The number of carbonyl (C=O) groups is 2. The van der Waals surface area contributed by atoms with Crippen LogP contribution in [0.15, 0.2) is 34.8 Å². The summed E-state index contributed by atoms with van der Waals surface area (Å²) >= 11 is 9.36. The second kappa shape index (κ2) is 5.35. The number of anilines is 1. The van der Waals surface area contributed by atoms with Crippen molar-refractivity contribution < 1.29 is 14.7 Å². The van der Waals surface area contributed by atoms with Gasteiger partial charge in [-0.15, -0.1) is 0 Å². The van der Waals surface area contributed by atoms with Crippen molar-refractivity contribution in [1.29, 1.82) is 0 Å². The first-order valence-electron chi connectivity index (χ1n) is 7.64. The molecular weight excluding hydrogens is 382 g/mol. The van der Waals surface area contributed by atoms with E-state index in [0.29, 0.717) is 22.5 Å². The minimum Gasteiger partial charge on any atom is -0.481 e. The molecule has 1 aromatic rings. The fraction of sp³-hybridized carbons (Fsp3) is 0.412.